The molecule has 0 amide bonds. The Balaban J connectivity index is 2.66. The first-order chi connectivity index (χ1) is 8.63. The summed E-state index contributed by atoms with van der Waals surface area (Å²) in [6.45, 7) is 0. The highest BCUT2D eigenvalue weighted by atomic mass is 19.2. The lowest BCUT2D eigenvalue weighted by atomic mass is 10.0. The molecule has 0 N–H and O–H groups in total. The Bertz CT molecular complexity index is 587. The van der Waals surface area contributed by atoms with Crippen LogP contribution in [0.4, 0.5) is 8.63 Å². The molecule has 2 aromatic rings. The average molecular weight is 250 g/mol. The normalized spacial score (nSPS) is 10.2. The van der Waals surface area contributed by atoms with Crippen molar-refractivity contribution in [2.45, 2.75) is 0 Å². The van der Waals surface area contributed by atoms with Gasteiger partial charge in [0.2, 0.25) is 0 Å². The van der Waals surface area contributed by atoms with E-state index < -0.39 is 13.4 Å². The van der Waals surface area contributed by atoms with Gasteiger partial charge in [0.15, 0.2) is 0 Å². The van der Waals surface area contributed by atoms with Gasteiger partial charge in [-0.05, 0) is 11.5 Å². The second kappa shape index (κ2) is 5.04. The van der Waals surface area contributed by atoms with Crippen LogP contribution in [0.5, 0.6) is 5.75 Å². The number of carbonyl (C=O) groups is 1. The number of fused-ring (bicyclic) bond motifs is 1. The molecule has 0 fully saturated rings. The van der Waals surface area contributed by atoms with Gasteiger partial charge in [0.25, 0.3) is 0 Å². The third kappa shape index (κ3) is 2.27. The van der Waals surface area contributed by atoms with Crippen LogP contribution in [0.2, 0.25) is 0 Å². The van der Waals surface area contributed by atoms with Crippen LogP contribution in [0.25, 0.3) is 10.8 Å². The Kier molecular flexibility index (Phi) is 3.46. The Hall–Kier alpha value is -2.11. The summed E-state index contributed by atoms with van der Waals surface area (Å²) in [5, 5.41) is 1.15. The molecule has 0 aliphatic carbocycles. The molecule has 0 atom stereocenters. The minimum absolute atomic E-state index is 0.0171. The van der Waals surface area contributed by atoms with Crippen LogP contribution in [0.3, 0.4) is 0 Å². The fourth-order valence-corrected chi connectivity index (χ4v) is 1.73. The van der Waals surface area contributed by atoms with Gasteiger partial charge in [-0.1, -0.05) is 30.3 Å². The lowest BCUT2D eigenvalue weighted by Crippen LogP contribution is -2.13. The summed E-state index contributed by atoms with van der Waals surface area (Å²) in [4.78, 5) is 11.5. The van der Waals surface area contributed by atoms with Crippen LogP contribution in [0.1, 0.15) is 10.4 Å². The fourth-order valence-electron chi connectivity index (χ4n) is 1.73. The van der Waals surface area contributed by atoms with E-state index >= 15 is 0 Å². The molecule has 0 saturated heterocycles. The molecule has 0 radical (unpaired) electrons. The first-order valence-electron chi connectivity index (χ1n) is 5.18. The summed E-state index contributed by atoms with van der Waals surface area (Å²) in [5.74, 6) is -0.869. The summed E-state index contributed by atoms with van der Waals surface area (Å²) in [6, 6.07) is 9.87. The van der Waals surface area contributed by atoms with Crippen molar-refractivity contribution >= 4 is 24.2 Å². The lowest BCUT2D eigenvalue weighted by molar-refractivity contribution is 0.0598. The second-order valence-electron chi connectivity index (χ2n) is 3.53. The van der Waals surface area contributed by atoms with Gasteiger partial charge in [-0.3, -0.25) is 0 Å². The molecule has 0 unspecified atom stereocenters. The van der Waals surface area contributed by atoms with E-state index in [1.54, 1.807) is 30.3 Å². The van der Waals surface area contributed by atoms with Crippen molar-refractivity contribution in [3.63, 3.8) is 0 Å². The first-order valence-corrected chi connectivity index (χ1v) is 5.18. The number of ether oxygens (including phenoxy) is 1. The van der Waals surface area contributed by atoms with Gasteiger partial charge < -0.3 is 9.39 Å². The van der Waals surface area contributed by atoms with E-state index in [1.165, 1.54) is 13.2 Å². The molecule has 2 rings (SSSR count). The van der Waals surface area contributed by atoms with Gasteiger partial charge in [-0.15, -0.1) is 0 Å². The van der Waals surface area contributed by atoms with Crippen LogP contribution in [-0.4, -0.2) is 20.5 Å². The molecular weight excluding hydrogens is 241 g/mol. The van der Waals surface area contributed by atoms with Crippen molar-refractivity contribution in [2.75, 3.05) is 7.11 Å². The van der Waals surface area contributed by atoms with Gasteiger partial charge in [0, 0.05) is 5.39 Å². The average Bonchev–Trinajstić information content (AvgIpc) is 2.37. The number of halogens is 2. The minimum atomic E-state index is -3.00. The molecule has 0 aliphatic rings. The molecule has 6 heteroatoms. The van der Waals surface area contributed by atoms with E-state index in [2.05, 4.69) is 9.39 Å². The minimum Gasteiger partial charge on any atom is -0.504 e. The highest BCUT2D eigenvalue weighted by Crippen LogP contribution is 2.31. The van der Waals surface area contributed by atoms with E-state index in [0.29, 0.717) is 10.8 Å². The summed E-state index contributed by atoms with van der Waals surface area (Å²) >= 11 is 0. The number of esters is 1. The monoisotopic (exact) mass is 250 g/mol. The molecule has 0 spiro atoms. The first kappa shape index (κ1) is 12.4. The molecular formula is C12H9BF2O3. The maximum atomic E-state index is 12.4. The standard InChI is InChI=1S/C12H9BF2O3/c1-17-12(16)10-7-6-8-4-2-3-5-9(8)11(10)18-13(14)15/h2-7H,1H3. The number of carbonyl (C=O) groups excluding carboxylic acids is 1. The van der Waals surface area contributed by atoms with Crippen molar-refractivity contribution < 1.29 is 22.8 Å². The molecule has 18 heavy (non-hydrogen) atoms. The van der Waals surface area contributed by atoms with Crippen LogP contribution >= 0.6 is 0 Å². The maximum Gasteiger partial charge on any atom is 0.796 e. The maximum absolute atomic E-state index is 12.4. The van der Waals surface area contributed by atoms with Crippen molar-refractivity contribution in [1.29, 1.82) is 0 Å². The Morgan fingerprint density at radius 2 is 1.89 bits per heavy atom. The Labute approximate surface area is 103 Å². The molecule has 2 aromatic carbocycles. The molecule has 0 bridgehead atoms. The molecule has 0 heterocycles. The molecule has 0 aliphatic heterocycles. The van der Waals surface area contributed by atoms with Crippen LogP contribution < -0.4 is 4.65 Å². The van der Waals surface area contributed by atoms with Crippen LogP contribution in [-0.2, 0) is 4.74 Å². The topological polar surface area (TPSA) is 35.5 Å². The largest absolute Gasteiger partial charge is 0.796 e. The van der Waals surface area contributed by atoms with E-state index in [-0.39, 0.29) is 11.3 Å². The number of rotatable bonds is 3. The molecule has 0 saturated carbocycles. The second-order valence-corrected chi connectivity index (χ2v) is 3.53. The van der Waals surface area contributed by atoms with Crippen LogP contribution in [0.15, 0.2) is 36.4 Å². The zero-order valence-corrected chi connectivity index (χ0v) is 9.52. The predicted molar refractivity (Wildman–Crippen MR) is 63.9 cm³/mol. The van der Waals surface area contributed by atoms with Gasteiger partial charge >= 0.3 is 13.4 Å². The zero-order valence-electron chi connectivity index (χ0n) is 9.52. The van der Waals surface area contributed by atoms with E-state index in [4.69, 9.17) is 0 Å². The van der Waals surface area contributed by atoms with Gasteiger partial charge in [-0.2, -0.15) is 0 Å². The molecule has 0 aromatic heterocycles. The van der Waals surface area contributed by atoms with Gasteiger partial charge in [0.1, 0.15) is 11.3 Å². The van der Waals surface area contributed by atoms with E-state index in [9.17, 15) is 13.4 Å². The quantitative estimate of drug-likeness (QED) is 0.620. The zero-order chi connectivity index (χ0) is 13.1. The third-order valence-electron chi connectivity index (χ3n) is 2.49. The Morgan fingerprint density at radius 3 is 2.56 bits per heavy atom. The number of hydrogen-bond donors (Lipinski definition) is 0. The summed E-state index contributed by atoms with van der Waals surface area (Å²) in [7, 11) is -1.82. The molecule has 3 nitrogen and oxygen atoms in total. The van der Waals surface area contributed by atoms with Crippen molar-refractivity contribution in [2.24, 2.45) is 0 Å². The smallest absolute Gasteiger partial charge is 0.504 e. The lowest BCUT2D eigenvalue weighted by Gasteiger charge is -2.11. The van der Waals surface area contributed by atoms with Gasteiger partial charge in [-0.25, -0.2) is 13.4 Å². The predicted octanol–water partition coefficient (Wildman–Crippen LogP) is 2.93. The third-order valence-corrected chi connectivity index (χ3v) is 2.49. The van der Waals surface area contributed by atoms with Crippen molar-refractivity contribution in [3.8, 4) is 5.75 Å². The number of methoxy groups -OCH3 is 1. The summed E-state index contributed by atoms with van der Waals surface area (Å²) < 4.78 is 33.8. The summed E-state index contributed by atoms with van der Waals surface area (Å²) in [6.07, 6.45) is 0. The van der Waals surface area contributed by atoms with E-state index in [0.717, 1.165) is 0 Å². The van der Waals surface area contributed by atoms with Gasteiger partial charge in [0.05, 0.1) is 7.11 Å². The van der Waals surface area contributed by atoms with Crippen molar-refractivity contribution in [1.82, 2.24) is 0 Å². The number of benzene rings is 2. The SMILES string of the molecule is COC(=O)c1ccc2ccccc2c1OB(F)F. The Morgan fingerprint density at radius 1 is 1.17 bits per heavy atom. The number of hydrogen-bond acceptors (Lipinski definition) is 3. The van der Waals surface area contributed by atoms with Crippen LogP contribution in [0, 0.1) is 0 Å². The highest BCUT2D eigenvalue weighted by molar-refractivity contribution is 6.36. The highest BCUT2D eigenvalue weighted by Gasteiger charge is 2.24. The van der Waals surface area contributed by atoms with Crippen molar-refractivity contribution in [3.05, 3.63) is 42.0 Å². The fraction of sp³-hybridized carbons (Fsp3) is 0.0833. The van der Waals surface area contributed by atoms with E-state index in [1.807, 2.05) is 0 Å². The molecule has 92 valence electrons. The summed E-state index contributed by atoms with van der Waals surface area (Å²) in [5.41, 5.74) is -0.0171.